The molecule has 3 N–H and O–H groups in total. The van der Waals surface area contributed by atoms with Crippen LogP contribution in [0, 0.1) is 0 Å². The summed E-state index contributed by atoms with van der Waals surface area (Å²) in [5.74, 6) is -0.336. The van der Waals surface area contributed by atoms with Crippen LogP contribution in [0.15, 0.2) is 41.5 Å². The van der Waals surface area contributed by atoms with E-state index in [0.29, 0.717) is 10.8 Å². The molecule has 0 saturated heterocycles. The molecule has 7 nitrogen and oxygen atoms in total. The summed E-state index contributed by atoms with van der Waals surface area (Å²) in [5, 5.41) is 3.14. The number of hydrogen-bond donors (Lipinski definition) is 2. The molecule has 0 radical (unpaired) electrons. The van der Waals surface area contributed by atoms with Gasteiger partial charge in [0.05, 0.1) is 10.2 Å². The Balaban J connectivity index is 1.77. The first-order valence-electron chi connectivity index (χ1n) is 6.09. The molecule has 0 saturated carbocycles. The molecule has 1 aromatic carbocycles. The highest BCUT2D eigenvalue weighted by Crippen LogP contribution is 2.27. The fourth-order valence-electron chi connectivity index (χ4n) is 1.82. The van der Waals surface area contributed by atoms with Crippen LogP contribution in [0.4, 0.5) is 10.8 Å². The lowest BCUT2D eigenvalue weighted by Gasteiger charge is -2.03. The zero-order valence-electron chi connectivity index (χ0n) is 10.8. The van der Waals surface area contributed by atoms with Gasteiger partial charge in [0, 0.05) is 18.1 Å². The first-order valence-corrected chi connectivity index (χ1v) is 6.91. The van der Waals surface area contributed by atoms with Gasteiger partial charge < -0.3 is 11.1 Å². The summed E-state index contributed by atoms with van der Waals surface area (Å²) >= 11 is 1.33. The molecule has 3 aromatic rings. The van der Waals surface area contributed by atoms with E-state index in [9.17, 15) is 9.59 Å². The van der Waals surface area contributed by atoms with Crippen molar-refractivity contribution in [3.05, 3.63) is 47.1 Å². The maximum Gasteiger partial charge on any atom is 0.347 e. The van der Waals surface area contributed by atoms with Crippen LogP contribution in [0.5, 0.6) is 0 Å². The van der Waals surface area contributed by atoms with Crippen LogP contribution in [0.1, 0.15) is 0 Å². The fourth-order valence-corrected chi connectivity index (χ4v) is 2.75. The Morgan fingerprint density at radius 1 is 1.43 bits per heavy atom. The zero-order valence-corrected chi connectivity index (χ0v) is 11.6. The summed E-state index contributed by atoms with van der Waals surface area (Å²) in [6.07, 6.45) is 2.89. The molecule has 0 spiro atoms. The number of nitrogens with two attached hydrogens (primary N) is 1. The van der Waals surface area contributed by atoms with Crippen molar-refractivity contribution in [2.45, 2.75) is 6.54 Å². The molecule has 0 atom stereocenters. The number of hydrogen-bond acceptors (Lipinski definition) is 6. The molecule has 8 heteroatoms. The van der Waals surface area contributed by atoms with E-state index in [0.717, 1.165) is 10.2 Å². The van der Waals surface area contributed by atoms with Crippen molar-refractivity contribution in [1.82, 2.24) is 14.5 Å². The first kappa shape index (κ1) is 13.3. The summed E-state index contributed by atoms with van der Waals surface area (Å²) in [6.45, 7) is -0.106. The highest BCUT2D eigenvalue weighted by atomic mass is 32.1. The predicted molar refractivity (Wildman–Crippen MR) is 81.2 cm³/mol. The zero-order chi connectivity index (χ0) is 14.8. The first-order chi connectivity index (χ1) is 10.1. The van der Waals surface area contributed by atoms with Gasteiger partial charge in [-0.05, 0) is 24.3 Å². The van der Waals surface area contributed by atoms with Gasteiger partial charge in [-0.25, -0.2) is 14.8 Å². The minimum atomic E-state index is -0.468. The predicted octanol–water partition coefficient (Wildman–Crippen LogP) is 1.07. The number of amides is 1. The van der Waals surface area contributed by atoms with Crippen LogP contribution in [0.3, 0.4) is 0 Å². The lowest BCUT2D eigenvalue weighted by Crippen LogP contribution is -2.28. The van der Waals surface area contributed by atoms with Gasteiger partial charge in [0.15, 0.2) is 5.13 Å². The number of rotatable bonds is 3. The fraction of sp³-hybridized carbons (Fsp3) is 0.0769. The number of benzene rings is 1. The van der Waals surface area contributed by atoms with Crippen molar-refractivity contribution in [1.29, 1.82) is 0 Å². The summed E-state index contributed by atoms with van der Waals surface area (Å²) in [4.78, 5) is 31.2. The normalized spacial score (nSPS) is 10.7. The van der Waals surface area contributed by atoms with E-state index in [2.05, 4.69) is 15.3 Å². The van der Waals surface area contributed by atoms with E-state index in [1.807, 2.05) is 0 Å². The molecule has 1 amide bonds. The summed E-state index contributed by atoms with van der Waals surface area (Å²) < 4.78 is 2.12. The van der Waals surface area contributed by atoms with E-state index in [1.165, 1.54) is 28.3 Å². The van der Waals surface area contributed by atoms with Gasteiger partial charge in [-0.15, -0.1) is 0 Å². The largest absolute Gasteiger partial charge is 0.399 e. The standard InChI is InChI=1S/C13H11N5O2S/c14-8-2-3-9-10(6-8)21-12(16-9)17-11(19)7-18-5-1-4-15-13(18)20/h1-6H,7,14H2,(H,16,17,19). The topological polar surface area (TPSA) is 103 Å². The second-order valence-electron chi connectivity index (χ2n) is 4.32. The van der Waals surface area contributed by atoms with Gasteiger partial charge in [-0.2, -0.15) is 0 Å². The summed E-state index contributed by atoms with van der Waals surface area (Å²) in [6, 6.07) is 6.94. The number of thiazole rings is 1. The van der Waals surface area contributed by atoms with Crippen LogP contribution in [0.2, 0.25) is 0 Å². The van der Waals surface area contributed by atoms with Crippen molar-refractivity contribution in [2.24, 2.45) is 0 Å². The third-order valence-electron chi connectivity index (χ3n) is 2.76. The smallest absolute Gasteiger partial charge is 0.347 e. The number of nitrogens with one attached hydrogen (secondary N) is 1. The Morgan fingerprint density at radius 3 is 3.10 bits per heavy atom. The molecule has 3 rings (SSSR count). The number of carbonyl (C=O) groups is 1. The average molecular weight is 301 g/mol. The Hall–Kier alpha value is -2.74. The van der Waals surface area contributed by atoms with Gasteiger partial charge in [-0.3, -0.25) is 9.36 Å². The average Bonchev–Trinajstić information content (AvgIpc) is 2.82. The van der Waals surface area contributed by atoms with Gasteiger partial charge in [0.1, 0.15) is 6.54 Å². The molecule has 0 aliphatic rings. The third-order valence-corrected chi connectivity index (χ3v) is 3.69. The number of carbonyl (C=O) groups excluding carboxylic acids is 1. The van der Waals surface area contributed by atoms with Crippen molar-refractivity contribution in [3.63, 3.8) is 0 Å². The second-order valence-corrected chi connectivity index (χ2v) is 5.36. The Labute approximate surface area is 123 Å². The molecule has 21 heavy (non-hydrogen) atoms. The van der Waals surface area contributed by atoms with Gasteiger partial charge in [0.2, 0.25) is 5.91 Å². The summed E-state index contributed by atoms with van der Waals surface area (Å²) in [7, 11) is 0. The van der Waals surface area contributed by atoms with Crippen LogP contribution < -0.4 is 16.7 Å². The van der Waals surface area contributed by atoms with Crippen molar-refractivity contribution in [2.75, 3.05) is 11.1 Å². The molecule has 0 unspecified atom stereocenters. The van der Waals surface area contributed by atoms with E-state index >= 15 is 0 Å². The molecule has 0 fully saturated rings. The number of anilines is 2. The number of nitrogen functional groups attached to an aromatic ring is 1. The minimum Gasteiger partial charge on any atom is -0.399 e. The van der Waals surface area contributed by atoms with Gasteiger partial charge in [-0.1, -0.05) is 11.3 Å². The molecule has 106 valence electrons. The van der Waals surface area contributed by atoms with Crippen LogP contribution in [-0.4, -0.2) is 20.4 Å². The molecule has 0 aliphatic heterocycles. The maximum absolute atomic E-state index is 11.9. The lowest BCUT2D eigenvalue weighted by molar-refractivity contribution is -0.116. The van der Waals surface area contributed by atoms with Crippen LogP contribution in [0.25, 0.3) is 10.2 Å². The van der Waals surface area contributed by atoms with E-state index in [1.54, 1.807) is 24.3 Å². The number of fused-ring (bicyclic) bond motifs is 1. The molecule has 2 heterocycles. The maximum atomic E-state index is 11.9. The van der Waals surface area contributed by atoms with Gasteiger partial charge >= 0.3 is 5.69 Å². The van der Waals surface area contributed by atoms with Crippen molar-refractivity contribution >= 4 is 38.3 Å². The Kier molecular flexibility index (Phi) is 3.36. The molecular weight excluding hydrogens is 290 g/mol. The number of nitrogens with zero attached hydrogens (tertiary/aromatic N) is 3. The quantitative estimate of drug-likeness (QED) is 0.704. The van der Waals surface area contributed by atoms with E-state index in [4.69, 9.17) is 5.73 Å². The minimum absolute atomic E-state index is 0.106. The van der Waals surface area contributed by atoms with Crippen molar-refractivity contribution < 1.29 is 4.79 Å². The van der Waals surface area contributed by atoms with E-state index < -0.39 is 5.69 Å². The second kappa shape index (κ2) is 5.33. The van der Waals surface area contributed by atoms with Gasteiger partial charge in [0.25, 0.3) is 0 Å². The highest BCUT2D eigenvalue weighted by Gasteiger charge is 2.09. The summed E-state index contributed by atoms with van der Waals surface area (Å²) in [5.41, 5.74) is 6.64. The monoisotopic (exact) mass is 301 g/mol. The Bertz CT molecular complexity index is 870. The molecule has 0 aliphatic carbocycles. The third kappa shape index (κ3) is 2.90. The Morgan fingerprint density at radius 2 is 2.29 bits per heavy atom. The van der Waals surface area contributed by atoms with Crippen LogP contribution in [-0.2, 0) is 11.3 Å². The molecular formula is C13H11N5O2S. The number of aromatic nitrogens is 3. The lowest BCUT2D eigenvalue weighted by atomic mass is 10.3. The van der Waals surface area contributed by atoms with Crippen LogP contribution >= 0.6 is 11.3 Å². The molecule has 0 bridgehead atoms. The van der Waals surface area contributed by atoms with E-state index in [-0.39, 0.29) is 12.5 Å². The SMILES string of the molecule is Nc1ccc2nc(NC(=O)Cn3cccnc3=O)sc2c1. The molecule has 2 aromatic heterocycles. The highest BCUT2D eigenvalue weighted by molar-refractivity contribution is 7.22. The van der Waals surface area contributed by atoms with Crippen molar-refractivity contribution in [3.8, 4) is 0 Å².